The second-order valence-electron chi connectivity index (χ2n) is 4.76. The quantitative estimate of drug-likeness (QED) is 0.644. The van der Waals surface area contributed by atoms with Crippen LogP contribution in [-0.2, 0) is 26.9 Å². The zero-order chi connectivity index (χ0) is 16.7. The third-order valence-corrected chi connectivity index (χ3v) is 5.28. The molecule has 0 saturated heterocycles. The predicted molar refractivity (Wildman–Crippen MR) is 86.8 cm³/mol. The molecule has 0 fully saturated rings. The van der Waals surface area contributed by atoms with E-state index in [1.54, 1.807) is 5.38 Å². The molecule has 1 aromatic heterocycles. The minimum atomic E-state index is -3.23. The number of hydrogen-bond donors (Lipinski definition) is 0. The monoisotopic (exact) mass is 359 g/mol. The van der Waals surface area contributed by atoms with Gasteiger partial charge in [0.05, 0.1) is 23.8 Å². The lowest BCUT2D eigenvalue weighted by atomic mass is 10.3. The number of ether oxygens (including phenoxy) is 2. The lowest BCUT2D eigenvalue weighted by Gasteiger charge is -2.04. The zero-order valence-electron chi connectivity index (χ0n) is 12.7. The smallest absolute Gasteiger partial charge is 0.158 e. The number of rotatable bonds is 9. The molecule has 0 N–H and O–H groups in total. The molecule has 5 nitrogen and oxygen atoms in total. The van der Waals surface area contributed by atoms with Crippen LogP contribution in [0.3, 0.4) is 0 Å². The number of nitrogens with zero attached hydrogens (tertiary/aromatic N) is 1. The Bertz CT molecular complexity index is 713. The first-order valence-corrected chi connectivity index (χ1v) is 9.78. The molecular weight excluding hydrogens is 341 g/mol. The summed E-state index contributed by atoms with van der Waals surface area (Å²) in [4.78, 5) is 4.26. The molecule has 0 atom stereocenters. The topological polar surface area (TPSA) is 65.5 Å². The van der Waals surface area contributed by atoms with E-state index in [-0.39, 0.29) is 30.5 Å². The van der Waals surface area contributed by atoms with E-state index in [1.165, 1.54) is 35.6 Å². The molecule has 1 aromatic carbocycles. The van der Waals surface area contributed by atoms with Crippen LogP contribution in [0.2, 0.25) is 0 Å². The summed E-state index contributed by atoms with van der Waals surface area (Å²) in [6, 6.07) is 5.69. The fraction of sp³-hybridized carbons (Fsp3) is 0.400. The zero-order valence-corrected chi connectivity index (χ0v) is 14.3. The van der Waals surface area contributed by atoms with Crippen molar-refractivity contribution in [2.24, 2.45) is 0 Å². The highest BCUT2D eigenvalue weighted by atomic mass is 32.2. The molecule has 2 rings (SSSR count). The van der Waals surface area contributed by atoms with Crippen LogP contribution in [0.4, 0.5) is 4.39 Å². The number of sulfone groups is 1. The summed E-state index contributed by atoms with van der Waals surface area (Å²) in [5.74, 6) is 0.0889. The maximum absolute atomic E-state index is 12.8. The summed E-state index contributed by atoms with van der Waals surface area (Å²) in [7, 11) is -3.23. The van der Waals surface area contributed by atoms with Crippen molar-refractivity contribution in [1.29, 1.82) is 0 Å². The molecule has 0 amide bonds. The molecule has 23 heavy (non-hydrogen) atoms. The number of aromatic nitrogens is 1. The Kier molecular flexibility index (Phi) is 6.49. The van der Waals surface area contributed by atoms with Crippen LogP contribution in [-0.4, -0.2) is 32.4 Å². The van der Waals surface area contributed by atoms with Crippen molar-refractivity contribution in [2.45, 2.75) is 19.3 Å². The van der Waals surface area contributed by atoms with Gasteiger partial charge >= 0.3 is 0 Å². The molecular formula is C15H18FNO4S2. The van der Waals surface area contributed by atoms with Gasteiger partial charge in [-0.05, 0) is 31.2 Å². The van der Waals surface area contributed by atoms with Gasteiger partial charge in [-0.2, -0.15) is 0 Å². The average molecular weight is 359 g/mol. The highest BCUT2D eigenvalue weighted by molar-refractivity contribution is 7.90. The van der Waals surface area contributed by atoms with E-state index in [2.05, 4.69) is 4.98 Å². The SMILES string of the molecule is CCOCCS(=O)(=O)Cc1csc(COc2ccc(F)cc2)n1. The molecule has 0 aliphatic rings. The van der Waals surface area contributed by atoms with Crippen molar-refractivity contribution in [3.63, 3.8) is 0 Å². The highest BCUT2D eigenvalue weighted by Gasteiger charge is 2.14. The Balaban J connectivity index is 1.86. The second kappa shape index (κ2) is 8.37. The summed E-state index contributed by atoms with van der Waals surface area (Å²) >= 11 is 1.34. The largest absolute Gasteiger partial charge is 0.486 e. The molecule has 2 aromatic rings. The fourth-order valence-corrected chi connectivity index (χ4v) is 3.71. The molecule has 0 unspecified atom stereocenters. The molecule has 1 heterocycles. The second-order valence-corrected chi connectivity index (χ2v) is 7.89. The molecule has 0 saturated carbocycles. The first-order valence-electron chi connectivity index (χ1n) is 7.08. The van der Waals surface area contributed by atoms with Crippen LogP contribution in [0.5, 0.6) is 5.75 Å². The van der Waals surface area contributed by atoms with Gasteiger partial charge < -0.3 is 9.47 Å². The first kappa shape index (κ1) is 17.8. The van der Waals surface area contributed by atoms with Gasteiger partial charge in [-0.15, -0.1) is 11.3 Å². The first-order chi connectivity index (χ1) is 11.0. The van der Waals surface area contributed by atoms with Crippen molar-refractivity contribution in [3.05, 3.63) is 46.2 Å². The summed E-state index contributed by atoms with van der Waals surface area (Å²) in [6.07, 6.45) is 0. The number of benzene rings is 1. The van der Waals surface area contributed by atoms with E-state index in [4.69, 9.17) is 9.47 Å². The van der Waals surface area contributed by atoms with Crippen LogP contribution in [0.1, 0.15) is 17.6 Å². The van der Waals surface area contributed by atoms with Crippen molar-refractivity contribution >= 4 is 21.2 Å². The lowest BCUT2D eigenvalue weighted by Crippen LogP contribution is -2.14. The molecule has 8 heteroatoms. The minimum Gasteiger partial charge on any atom is -0.486 e. The summed E-state index contributed by atoms with van der Waals surface area (Å²) in [5, 5.41) is 2.38. The van der Waals surface area contributed by atoms with Crippen LogP contribution < -0.4 is 4.74 Å². The van der Waals surface area contributed by atoms with Gasteiger partial charge in [-0.25, -0.2) is 17.8 Å². The van der Waals surface area contributed by atoms with E-state index >= 15 is 0 Å². The Hall–Kier alpha value is -1.51. The van der Waals surface area contributed by atoms with Gasteiger partial charge in [0.2, 0.25) is 0 Å². The van der Waals surface area contributed by atoms with E-state index in [1.807, 2.05) is 6.92 Å². The Labute approximate surface area is 139 Å². The van der Waals surface area contributed by atoms with Gasteiger partial charge in [-0.3, -0.25) is 0 Å². The maximum atomic E-state index is 12.8. The average Bonchev–Trinajstić information content (AvgIpc) is 2.93. The number of thiazole rings is 1. The van der Waals surface area contributed by atoms with Gasteiger partial charge in [0.15, 0.2) is 9.84 Å². The van der Waals surface area contributed by atoms with Gasteiger partial charge in [0, 0.05) is 12.0 Å². The number of halogens is 1. The van der Waals surface area contributed by atoms with Crippen LogP contribution in [0, 0.1) is 5.82 Å². The predicted octanol–water partition coefficient (Wildman–Crippen LogP) is 2.81. The van der Waals surface area contributed by atoms with Gasteiger partial charge in [-0.1, -0.05) is 0 Å². The standard InChI is InChI=1S/C15H18FNO4S2/c1-2-20-7-8-23(18,19)11-13-10-22-15(17-13)9-21-14-5-3-12(16)4-6-14/h3-6,10H,2,7-9,11H2,1H3. The highest BCUT2D eigenvalue weighted by Crippen LogP contribution is 2.17. The van der Waals surface area contributed by atoms with E-state index in [0.29, 0.717) is 23.1 Å². The molecule has 0 radical (unpaired) electrons. The molecule has 0 aliphatic heterocycles. The molecule has 0 bridgehead atoms. The summed E-state index contributed by atoms with van der Waals surface area (Å²) < 4.78 is 47.2. The molecule has 0 spiro atoms. The molecule has 126 valence electrons. The van der Waals surface area contributed by atoms with Gasteiger partial charge in [0.25, 0.3) is 0 Å². The maximum Gasteiger partial charge on any atom is 0.158 e. The Morgan fingerprint density at radius 1 is 1.26 bits per heavy atom. The van der Waals surface area contributed by atoms with Crippen molar-refractivity contribution < 1.29 is 22.3 Å². The Morgan fingerprint density at radius 2 is 2.00 bits per heavy atom. The van der Waals surface area contributed by atoms with E-state index in [0.717, 1.165) is 0 Å². The van der Waals surface area contributed by atoms with E-state index in [9.17, 15) is 12.8 Å². The normalized spacial score (nSPS) is 11.6. The molecule has 0 aliphatic carbocycles. The van der Waals surface area contributed by atoms with Crippen molar-refractivity contribution in [2.75, 3.05) is 19.0 Å². The van der Waals surface area contributed by atoms with Gasteiger partial charge in [0.1, 0.15) is 23.2 Å². The van der Waals surface area contributed by atoms with Crippen LogP contribution in [0.15, 0.2) is 29.6 Å². The minimum absolute atomic E-state index is 0.0141. The van der Waals surface area contributed by atoms with Crippen molar-refractivity contribution in [3.8, 4) is 5.75 Å². The van der Waals surface area contributed by atoms with Crippen molar-refractivity contribution in [1.82, 2.24) is 4.98 Å². The Morgan fingerprint density at radius 3 is 2.70 bits per heavy atom. The summed E-state index contributed by atoms with van der Waals surface area (Å²) in [5.41, 5.74) is 0.504. The van der Waals surface area contributed by atoms with Crippen LogP contribution >= 0.6 is 11.3 Å². The van der Waals surface area contributed by atoms with E-state index < -0.39 is 9.84 Å². The fourth-order valence-electron chi connectivity index (χ4n) is 1.79. The third kappa shape index (κ3) is 6.25. The lowest BCUT2D eigenvalue weighted by molar-refractivity contribution is 0.163. The summed E-state index contributed by atoms with van der Waals surface area (Å²) in [6.45, 7) is 2.73. The van der Waals surface area contributed by atoms with Crippen LogP contribution in [0.25, 0.3) is 0 Å². The number of hydrogen-bond acceptors (Lipinski definition) is 6. The third-order valence-electron chi connectivity index (χ3n) is 2.89.